The van der Waals surface area contributed by atoms with Crippen molar-refractivity contribution in [2.24, 2.45) is 5.92 Å². The van der Waals surface area contributed by atoms with E-state index in [1.54, 1.807) is 11.5 Å². The summed E-state index contributed by atoms with van der Waals surface area (Å²) in [5.74, 6) is 0.796. The first-order valence-corrected chi connectivity index (χ1v) is 8.50. The molecule has 1 atom stereocenters. The van der Waals surface area contributed by atoms with E-state index in [0.29, 0.717) is 0 Å². The summed E-state index contributed by atoms with van der Waals surface area (Å²) in [6.07, 6.45) is 5.45. The molecule has 2 aliphatic rings. The Hall–Kier alpha value is -1.13. The van der Waals surface area contributed by atoms with Crippen LogP contribution < -0.4 is 10.2 Å². The fourth-order valence-corrected chi connectivity index (χ4v) is 4.04. The van der Waals surface area contributed by atoms with Gasteiger partial charge >= 0.3 is 0 Å². The van der Waals surface area contributed by atoms with Crippen molar-refractivity contribution >= 4 is 27.4 Å². The van der Waals surface area contributed by atoms with Gasteiger partial charge in [-0.1, -0.05) is 12.1 Å². The SMILES string of the molecule is c1ccc2c(N3CCCC(CNC4CC4)C3)snc2c1. The van der Waals surface area contributed by atoms with Gasteiger partial charge in [0.1, 0.15) is 5.00 Å². The Bertz CT molecular complexity index is 590. The molecule has 0 radical (unpaired) electrons. The van der Waals surface area contributed by atoms with E-state index in [1.165, 1.54) is 55.7 Å². The Kier molecular flexibility index (Phi) is 3.36. The van der Waals surface area contributed by atoms with Crippen molar-refractivity contribution in [1.82, 2.24) is 9.69 Å². The van der Waals surface area contributed by atoms with Crippen LogP contribution in [0.1, 0.15) is 25.7 Å². The molecule has 106 valence electrons. The molecule has 0 spiro atoms. The first-order valence-electron chi connectivity index (χ1n) is 7.73. The van der Waals surface area contributed by atoms with E-state index in [2.05, 4.69) is 38.9 Å². The van der Waals surface area contributed by atoms with Crippen molar-refractivity contribution in [2.45, 2.75) is 31.7 Å². The highest BCUT2D eigenvalue weighted by atomic mass is 32.1. The molecule has 1 saturated heterocycles. The molecule has 2 aromatic rings. The van der Waals surface area contributed by atoms with Gasteiger partial charge in [-0.25, -0.2) is 0 Å². The number of rotatable bonds is 4. The first kappa shape index (κ1) is 12.6. The fraction of sp³-hybridized carbons (Fsp3) is 0.562. The zero-order valence-electron chi connectivity index (χ0n) is 11.7. The molecular weight excluding hydrogens is 266 g/mol. The van der Waals surface area contributed by atoms with Crippen LogP contribution in [0.2, 0.25) is 0 Å². The van der Waals surface area contributed by atoms with E-state index in [1.807, 2.05) is 0 Å². The number of aromatic nitrogens is 1. The van der Waals surface area contributed by atoms with Crippen LogP contribution in [0.5, 0.6) is 0 Å². The van der Waals surface area contributed by atoms with Crippen molar-refractivity contribution < 1.29 is 0 Å². The van der Waals surface area contributed by atoms with Gasteiger partial charge in [0.05, 0.1) is 5.52 Å². The lowest BCUT2D eigenvalue weighted by Gasteiger charge is -2.33. The van der Waals surface area contributed by atoms with Crippen molar-refractivity contribution in [3.8, 4) is 0 Å². The van der Waals surface area contributed by atoms with Gasteiger partial charge in [0, 0.05) is 24.5 Å². The molecule has 1 aliphatic heterocycles. The number of nitrogens with zero attached hydrogens (tertiary/aromatic N) is 2. The third-order valence-corrected chi connectivity index (χ3v) is 5.38. The summed E-state index contributed by atoms with van der Waals surface area (Å²) in [4.78, 5) is 2.56. The van der Waals surface area contributed by atoms with E-state index < -0.39 is 0 Å². The van der Waals surface area contributed by atoms with Crippen molar-refractivity contribution in [3.05, 3.63) is 24.3 Å². The molecule has 4 heteroatoms. The Morgan fingerprint density at radius 3 is 3.05 bits per heavy atom. The summed E-state index contributed by atoms with van der Waals surface area (Å²) in [6.45, 7) is 3.57. The molecule has 2 fully saturated rings. The van der Waals surface area contributed by atoms with Crippen LogP contribution >= 0.6 is 11.5 Å². The van der Waals surface area contributed by atoms with E-state index in [9.17, 15) is 0 Å². The molecule has 0 amide bonds. The Labute approximate surface area is 124 Å². The number of fused-ring (bicyclic) bond motifs is 1. The molecule has 1 saturated carbocycles. The minimum Gasteiger partial charge on any atom is -0.361 e. The highest BCUT2D eigenvalue weighted by Gasteiger charge is 2.26. The predicted octanol–water partition coefficient (Wildman–Crippen LogP) is 3.26. The van der Waals surface area contributed by atoms with Gasteiger partial charge in [-0.3, -0.25) is 0 Å². The van der Waals surface area contributed by atoms with Crippen LogP contribution in [-0.2, 0) is 0 Å². The zero-order valence-corrected chi connectivity index (χ0v) is 12.5. The van der Waals surface area contributed by atoms with Gasteiger partial charge in [0.15, 0.2) is 0 Å². The predicted molar refractivity (Wildman–Crippen MR) is 85.6 cm³/mol. The summed E-state index contributed by atoms with van der Waals surface area (Å²) in [5, 5.41) is 6.39. The quantitative estimate of drug-likeness (QED) is 0.935. The van der Waals surface area contributed by atoms with Crippen LogP contribution in [0.4, 0.5) is 5.00 Å². The van der Waals surface area contributed by atoms with Crippen molar-refractivity contribution in [2.75, 3.05) is 24.5 Å². The molecule has 1 unspecified atom stereocenters. The molecule has 4 rings (SSSR count). The monoisotopic (exact) mass is 287 g/mol. The second-order valence-electron chi connectivity index (χ2n) is 6.14. The smallest absolute Gasteiger partial charge is 0.119 e. The largest absolute Gasteiger partial charge is 0.361 e. The summed E-state index contributed by atoms with van der Waals surface area (Å²) in [5.41, 5.74) is 1.14. The molecule has 1 aromatic carbocycles. The lowest BCUT2D eigenvalue weighted by Crippen LogP contribution is -2.39. The number of hydrogen-bond donors (Lipinski definition) is 1. The number of piperidine rings is 1. The Morgan fingerprint density at radius 1 is 1.25 bits per heavy atom. The summed E-state index contributed by atoms with van der Waals surface area (Å²) in [6, 6.07) is 9.35. The van der Waals surface area contributed by atoms with Crippen LogP contribution in [0.3, 0.4) is 0 Å². The van der Waals surface area contributed by atoms with Crippen LogP contribution in [0, 0.1) is 5.92 Å². The third kappa shape index (κ3) is 2.54. The molecule has 1 aromatic heterocycles. The summed E-state index contributed by atoms with van der Waals surface area (Å²) < 4.78 is 4.59. The van der Waals surface area contributed by atoms with Gasteiger partial charge < -0.3 is 10.2 Å². The maximum absolute atomic E-state index is 4.59. The van der Waals surface area contributed by atoms with Crippen LogP contribution in [0.15, 0.2) is 24.3 Å². The minimum atomic E-state index is 0.796. The number of hydrogen-bond acceptors (Lipinski definition) is 4. The van der Waals surface area contributed by atoms with Crippen LogP contribution in [0.25, 0.3) is 10.9 Å². The minimum absolute atomic E-state index is 0.796. The Balaban J connectivity index is 1.49. The van der Waals surface area contributed by atoms with Gasteiger partial charge in [-0.05, 0) is 61.8 Å². The maximum atomic E-state index is 4.59. The van der Waals surface area contributed by atoms with Crippen molar-refractivity contribution in [1.29, 1.82) is 0 Å². The average molecular weight is 287 g/mol. The van der Waals surface area contributed by atoms with Crippen molar-refractivity contribution in [3.63, 3.8) is 0 Å². The molecule has 1 N–H and O–H groups in total. The van der Waals surface area contributed by atoms with Gasteiger partial charge in [0.2, 0.25) is 0 Å². The molecule has 20 heavy (non-hydrogen) atoms. The molecule has 2 heterocycles. The van der Waals surface area contributed by atoms with Gasteiger partial charge in [-0.2, -0.15) is 4.37 Å². The molecule has 0 bridgehead atoms. The third-order valence-electron chi connectivity index (χ3n) is 4.44. The fourth-order valence-electron chi connectivity index (χ4n) is 3.14. The molecule has 3 nitrogen and oxygen atoms in total. The Morgan fingerprint density at radius 2 is 2.15 bits per heavy atom. The second-order valence-corrected chi connectivity index (χ2v) is 6.89. The lowest BCUT2D eigenvalue weighted by atomic mass is 9.98. The maximum Gasteiger partial charge on any atom is 0.119 e. The van der Waals surface area contributed by atoms with Gasteiger partial charge in [-0.15, -0.1) is 0 Å². The van der Waals surface area contributed by atoms with E-state index in [0.717, 1.165) is 17.5 Å². The molecule has 1 aliphatic carbocycles. The zero-order chi connectivity index (χ0) is 13.4. The number of nitrogens with one attached hydrogen (secondary N) is 1. The standard InChI is InChI=1S/C16H21N3S/c1-2-6-15-14(5-1)16(20-18-15)19-9-3-4-12(11-19)10-17-13-7-8-13/h1-2,5-6,12-13,17H,3-4,7-11H2. The molecular formula is C16H21N3S. The number of anilines is 1. The number of benzene rings is 1. The summed E-state index contributed by atoms with van der Waals surface area (Å²) >= 11 is 1.66. The highest BCUT2D eigenvalue weighted by molar-refractivity contribution is 7.11. The average Bonchev–Trinajstić information content (AvgIpc) is 3.23. The lowest BCUT2D eigenvalue weighted by molar-refractivity contribution is 0.392. The van der Waals surface area contributed by atoms with E-state index >= 15 is 0 Å². The normalized spacial score (nSPS) is 23.4. The van der Waals surface area contributed by atoms with Crippen LogP contribution in [-0.4, -0.2) is 30.0 Å². The van der Waals surface area contributed by atoms with Gasteiger partial charge in [0.25, 0.3) is 0 Å². The summed E-state index contributed by atoms with van der Waals surface area (Å²) in [7, 11) is 0. The highest BCUT2D eigenvalue weighted by Crippen LogP contribution is 2.33. The first-order chi connectivity index (χ1) is 9.90. The van der Waals surface area contributed by atoms with E-state index in [4.69, 9.17) is 0 Å². The topological polar surface area (TPSA) is 28.2 Å². The second kappa shape index (κ2) is 5.34. The van der Waals surface area contributed by atoms with E-state index in [-0.39, 0.29) is 0 Å².